The van der Waals surface area contributed by atoms with Crippen molar-refractivity contribution in [3.05, 3.63) is 56.3 Å². The van der Waals surface area contributed by atoms with Crippen LogP contribution in [-0.4, -0.2) is 35.4 Å². The van der Waals surface area contributed by atoms with E-state index in [2.05, 4.69) is 10.6 Å². The Morgan fingerprint density at radius 3 is 2.67 bits per heavy atom. The van der Waals surface area contributed by atoms with Gasteiger partial charge < -0.3 is 15.4 Å². The van der Waals surface area contributed by atoms with E-state index in [4.69, 9.17) is 4.74 Å². The molecule has 0 spiro atoms. The van der Waals surface area contributed by atoms with Gasteiger partial charge in [0.15, 0.2) is 6.61 Å². The van der Waals surface area contributed by atoms with Crippen molar-refractivity contribution in [3.8, 4) is 0 Å². The minimum atomic E-state index is -0.938. The van der Waals surface area contributed by atoms with E-state index >= 15 is 0 Å². The fourth-order valence-electron chi connectivity index (χ4n) is 2.04. The second kappa shape index (κ2) is 8.90. The summed E-state index contributed by atoms with van der Waals surface area (Å²) in [7, 11) is 0. The average Bonchev–Trinajstić information content (AvgIpc) is 3.16. The van der Waals surface area contributed by atoms with Gasteiger partial charge in [0, 0.05) is 12.1 Å². The second-order valence-corrected chi connectivity index (χ2v) is 6.53. The fourth-order valence-corrected chi connectivity index (χ4v) is 2.67. The van der Waals surface area contributed by atoms with Gasteiger partial charge in [0.2, 0.25) is 0 Å². The Bertz CT molecular complexity index is 866. The maximum absolute atomic E-state index is 11.9. The van der Waals surface area contributed by atoms with Crippen LogP contribution in [0.2, 0.25) is 0 Å². The molecule has 1 aromatic heterocycles. The third-order valence-corrected chi connectivity index (χ3v) is 4.37. The van der Waals surface area contributed by atoms with Gasteiger partial charge in [0.05, 0.1) is 15.5 Å². The average molecular weight is 391 g/mol. The number of carbonyl (C=O) groups is 3. The van der Waals surface area contributed by atoms with Crippen LogP contribution in [0, 0.1) is 17.0 Å². The van der Waals surface area contributed by atoms with Crippen LogP contribution in [0.25, 0.3) is 0 Å². The zero-order valence-electron chi connectivity index (χ0n) is 14.6. The molecule has 0 fully saturated rings. The zero-order chi connectivity index (χ0) is 20.0. The summed E-state index contributed by atoms with van der Waals surface area (Å²) in [6.45, 7) is 2.53. The van der Waals surface area contributed by atoms with Crippen molar-refractivity contribution < 1.29 is 24.0 Å². The summed E-state index contributed by atoms with van der Waals surface area (Å²) in [5.74, 6) is -1.83. The highest BCUT2D eigenvalue weighted by molar-refractivity contribution is 7.12. The Hall–Kier alpha value is -3.27. The molecule has 2 aromatic rings. The number of hydrogen-bond acceptors (Lipinski definition) is 7. The van der Waals surface area contributed by atoms with Gasteiger partial charge in [-0.2, -0.15) is 0 Å². The number of hydrogen-bond donors (Lipinski definition) is 2. The predicted molar refractivity (Wildman–Crippen MR) is 98.7 cm³/mol. The minimum absolute atomic E-state index is 0.169. The molecule has 27 heavy (non-hydrogen) atoms. The molecule has 10 heteroatoms. The number of benzene rings is 1. The van der Waals surface area contributed by atoms with Crippen molar-refractivity contribution in [1.82, 2.24) is 5.32 Å². The SMILES string of the molecule is Cc1ccc([N+](=O)[O-])cc1NC(=O)COC(=O)C(C)NC(=O)c1cccs1. The van der Waals surface area contributed by atoms with E-state index in [9.17, 15) is 24.5 Å². The number of nitrogens with one attached hydrogen (secondary N) is 2. The zero-order valence-corrected chi connectivity index (χ0v) is 15.4. The molecule has 0 radical (unpaired) electrons. The highest BCUT2D eigenvalue weighted by atomic mass is 32.1. The predicted octanol–water partition coefficient (Wildman–Crippen LogP) is 2.26. The van der Waals surface area contributed by atoms with Crippen LogP contribution >= 0.6 is 11.3 Å². The standard InChI is InChI=1S/C17H17N3O6S/c1-10-5-6-12(20(24)25)8-13(10)19-15(21)9-26-17(23)11(2)18-16(22)14-4-3-7-27-14/h3-8,11H,9H2,1-2H3,(H,18,22)(H,19,21). The maximum atomic E-state index is 11.9. The monoisotopic (exact) mass is 391 g/mol. The summed E-state index contributed by atoms with van der Waals surface area (Å²) >= 11 is 1.23. The number of aryl methyl sites for hydroxylation is 1. The van der Waals surface area contributed by atoms with Gasteiger partial charge in [0.25, 0.3) is 17.5 Å². The second-order valence-electron chi connectivity index (χ2n) is 5.58. The number of ether oxygens (including phenoxy) is 1. The summed E-state index contributed by atoms with van der Waals surface area (Å²) in [6.07, 6.45) is 0. The molecule has 2 rings (SSSR count). The van der Waals surface area contributed by atoms with Gasteiger partial charge >= 0.3 is 5.97 Å². The van der Waals surface area contributed by atoms with E-state index < -0.39 is 35.4 Å². The molecular formula is C17H17N3O6S. The number of rotatable bonds is 7. The van der Waals surface area contributed by atoms with E-state index in [1.54, 1.807) is 24.4 Å². The van der Waals surface area contributed by atoms with Gasteiger partial charge in [-0.1, -0.05) is 12.1 Å². The number of nitro benzene ring substituents is 1. The van der Waals surface area contributed by atoms with Crippen LogP contribution in [-0.2, 0) is 14.3 Å². The summed E-state index contributed by atoms with van der Waals surface area (Å²) in [5, 5.41) is 17.5. The van der Waals surface area contributed by atoms with Crippen LogP contribution in [0.15, 0.2) is 35.7 Å². The molecule has 1 atom stereocenters. The Balaban J connectivity index is 1.86. The number of anilines is 1. The quantitative estimate of drug-likeness (QED) is 0.423. The molecule has 9 nitrogen and oxygen atoms in total. The molecule has 0 aliphatic carbocycles. The van der Waals surface area contributed by atoms with Gasteiger partial charge in [0.1, 0.15) is 6.04 Å². The summed E-state index contributed by atoms with van der Waals surface area (Å²) in [6, 6.07) is 6.44. The van der Waals surface area contributed by atoms with Crippen molar-refractivity contribution in [2.45, 2.75) is 19.9 Å². The molecule has 0 aliphatic rings. The van der Waals surface area contributed by atoms with Gasteiger partial charge in [-0.05, 0) is 30.9 Å². The largest absolute Gasteiger partial charge is 0.454 e. The number of amides is 2. The van der Waals surface area contributed by atoms with E-state index in [1.165, 1.54) is 36.5 Å². The molecule has 1 unspecified atom stereocenters. The number of non-ortho nitro benzene ring substituents is 1. The van der Waals surface area contributed by atoms with Gasteiger partial charge in [-0.25, -0.2) is 4.79 Å². The number of nitro groups is 1. The van der Waals surface area contributed by atoms with E-state index in [0.717, 1.165) is 0 Å². The van der Waals surface area contributed by atoms with Crippen LogP contribution in [0.3, 0.4) is 0 Å². The smallest absolute Gasteiger partial charge is 0.328 e. The first kappa shape index (κ1) is 20.0. The van der Waals surface area contributed by atoms with Gasteiger partial charge in [-0.3, -0.25) is 19.7 Å². The van der Waals surface area contributed by atoms with Crippen LogP contribution in [0.5, 0.6) is 0 Å². The Morgan fingerprint density at radius 2 is 2.04 bits per heavy atom. The van der Waals surface area contributed by atoms with Crippen LogP contribution in [0.1, 0.15) is 22.2 Å². The van der Waals surface area contributed by atoms with Crippen LogP contribution < -0.4 is 10.6 Å². The lowest BCUT2D eigenvalue weighted by atomic mass is 10.2. The molecule has 142 valence electrons. The summed E-state index contributed by atoms with van der Waals surface area (Å²) in [5.41, 5.74) is 0.707. The highest BCUT2D eigenvalue weighted by Gasteiger charge is 2.20. The highest BCUT2D eigenvalue weighted by Crippen LogP contribution is 2.21. The lowest BCUT2D eigenvalue weighted by Gasteiger charge is -2.13. The third-order valence-electron chi connectivity index (χ3n) is 3.50. The molecule has 0 bridgehead atoms. The first-order valence-corrected chi connectivity index (χ1v) is 8.72. The topological polar surface area (TPSA) is 128 Å². The minimum Gasteiger partial charge on any atom is -0.454 e. The van der Waals surface area contributed by atoms with Gasteiger partial charge in [-0.15, -0.1) is 11.3 Å². The summed E-state index contributed by atoms with van der Waals surface area (Å²) < 4.78 is 4.88. The van der Waals surface area contributed by atoms with Crippen LogP contribution in [0.4, 0.5) is 11.4 Å². The number of carbonyl (C=O) groups excluding carboxylic acids is 3. The Kier molecular flexibility index (Phi) is 6.61. The normalized spacial score (nSPS) is 11.3. The Morgan fingerprint density at radius 1 is 1.30 bits per heavy atom. The molecular weight excluding hydrogens is 374 g/mol. The lowest BCUT2D eigenvalue weighted by Crippen LogP contribution is -2.40. The third kappa shape index (κ3) is 5.61. The Labute approximate surface area is 158 Å². The molecule has 1 heterocycles. The summed E-state index contributed by atoms with van der Waals surface area (Å²) in [4.78, 5) is 46.4. The van der Waals surface area contributed by atoms with Crippen molar-refractivity contribution in [3.63, 3.8) is 0 Å². The fraction of sp³-hybridized carbons (Fsp3) is 0.235. The number of thiophene rings is 1. The molecule has 0 aliphatic heterocycles. The van der Waals surface area contributed by atoms with Crippen molar-refractivity contribution in [1.29, 1.82) is 0 Å². The van der Waals surface area contributed by atoms with Crippen molar-refractivity contribution in [2.24, 2.45) is 0 Å². The van der Waals surface area contributed by atoms with E-state index in [-0.39, 0.29) is 11.4 Å². The van der Waals surface area contributed by atoms with E-state index in [1.807, 2.05) is 0 Å². The first-order chi connectivity index (χ1) is 12.8. The number of esters is 1. The maximum Gasteiger partial charge on any atom is 0.328 e. The number of nitrogens with zero attached hydrogens (tertiary/aromatic N) is 1. The first-order valence-electron chi connectivity index (χ1n) is 7.84. The molecule has 0 saturated heterocycles. The molecule has 2 N–H and O–H groups in total. The molecule has 0 saturated carbocycles. The van der Waals surface area contributed by atoms with Crippen molar-refractivity contribution in [2.75, 3.05) is 11.9 Å². The molecule has 2 amide bonds. The lowest BCUT2D eigenvalue weighted by molar-refractivity contribution is -0.384. The molecule has 1 aromatic carbocycles. The van der Waals surface area contributed by atoms with E-state index in [0.29, 0.717) is 10.4 Å². The van der Waals surface area contributed by atoms with Crippen molar-refractivity contribution >= 4 is 40.5 Å².